The van der Waals surface area contributed by atoms with Crippen LogP contribution in [0.15, 0.2) is 42.5 Å². The average molecular weight is 291 g/mol. The molecular weight excluding hydrogens is 272 g/mol. The first-order valence-corrected chi connectivity index (χ1v) is 6.96. The molecule has 0 heterocycles. The molecule has 0 amide bonds. The van der Waals surface area contributed by atoms with E-state index in [0.717, 1.165) is 11.8 Å². The highest BCUT2D eigenvalue weighted by Crippen LogP contribution is 2.25. The predicted octanol–water partition coefficient (Wildman–Crippen LogP) is 4.61. The van der Waals surface area contributed by atoms with Crippen LogP contribution < -0.4 is 10.1 Å². The summed E-state index contributed by atoms with van der Waals surface area (Å²) in [4.78, 5) is 0. The van der Waals surface area contributed by atoms with Gasteiger partial charge in [0.1, 0.15) is 5.75 Å². The Balaban J connectivity index is 2.07. The summed E-state index contributed by atoms with van der Waals surface area (Å²) in [6.45, 7) is 4.94. The second kappa shape index (κ2) is 7.07. The lowest BCUT2D eigenvalue weighted by molar-refractivity contribution is 0.272. The molecular formula is C17H19F2NO. The van der Waals surface area contributed by atoms with Crippen molar-refractivity contribution in [1.82, 2.24) is 0 Å². The summed E-state index contributed by atoms with van der Waals surface area (Å²) in [5.74, 6) is -0.522. The molecule has 2 aromatic carbocycles. The maximum Gasteiger partial charge on any atom is 0.163 e. The average Bonchev–Trinajstić information content (AvgIpc) is 2.47. The lowest BCUT2D eigenvalue weighted by Crippen LogP contribution is -2.08. The maximum absolute atomic E-state index is 13.6. The lowest BCUT2D eigenvalue weighted by Gasteiger charge is -2.14. The summed E-state index contributed by atoms with van der Waals surface area (Å²) in [6, 6.07) is 11.6. The monoisotopic (exact) mass is 291 g/mol. The second-order valence-corrected chi connectivity index (χ2v) is 5.27. The van der Waals surface area contributed by atoms with Crippen LogP contribution in [0.3, 0.4) is 0 Å². The molecule has 2 aromatic rings. The zero-order valence-electron chi connectivity index (χ0n) is 12.2. The summed E-state index contributed by atoms with van der Waals surface area (Å²) in [7, 11) is 0. The van der Waals surface area contributed by atoms with Crippen molar-refractivity contribution in [3.05, 3.63) is 59.7 Å². The van der Waals surface area contributed by atoms with Crippen LogP contribution in [-0.4, -0.2) is 6.61 Å². The number of anilines is 1. The van der Waals surface area contributed by atoms with Crippen LogP contribution >= 0.6 is 0 Å². The molecule has 0 aliphatic rings. The Morgan fingerprint density at radius 2 is 1.81 bits per heavy atom. The third-order valence-electron chi connectivity index (χ3n) is 2.96. The molecule has 0 radical (unpaired) electrons. The zero-order chi connectivity index (χ0) is 15.2. The van der Waals surface area contributed by atoms with Crippen molar-refractivity contribution in [3.8, 4) is 5.75 Å². The number of para-hydroxylation sites is 2. The molecule has 2 nitrogen and oxygen atoms in total. The Morgan fingerprint density at radius 1 is 1.05 bits per heavy atom. The molecule has 0 atom stereocenters. The lowest BCUT2D eigenvalue weighted by atomic mass is 10.2. The van der Waals surface area contributed by atoms with E-state index >= 15 is 0 Å². The van der Waals surface area contributed by atoms with Gasteiger partial charge in [0.2, 0.25) is 0 Å². The van der Waals surface area contributed by atoms with Gasteiger partial charge in [0, 0.05) is 12.1 Å². The van der Waals surface area contributed by atoms with Crippen molar-refractivity contribution in [2.45, 2.75) is 20.4 Å². The van der Waals surface area contributed by atoms with E-state index in [1.165, 1.54) is 6.07 Å². The van der Waals surface area contributed by atoms with E-state index < -0.39 is 11.6 Å². The fourth-order valence-electron chi connectivity index (χ4n) is 1.87. The van der Waals surface area contributed by atoms with Gasteiger partial charge in [0.15, 0.2) is 11.6 Å². The molecule has 112 valence electrons. The number of rotatable bonds is 6. The largest absolute Gasteiger partial charge is 0.491 e. The van der Waals surface area contributed by atoms with Crippen LogP contribution in [-0.2, 0) is 6.54 Å². The third-order valence-corrected chi connectivity index (χ3v) is 2.96. The third kappa shape index (κ3) is 4.18. The van der Waals surface area contributed by atoms with Gasteiger partial charge in [-0.05, 0) is 24.1 Å². The highest BCUT2D eigenvalue weighted by Gasteiger charge is 2.09. The minimum Gasteiger partial charge on any atom is -0.491 e. The number of halogens is 2. The Morgan fingerprint density at radius 3 is 2.57 bits per heavy atom. The van der Waals surface area contributed by atoms with Gasteiger partial charge in [-0.1, -0.05) is 38.1 Å². The van der Waals surface area contributed by atoms with Crippen LogP contribution in [0.1, 0.15) is 19.4 Å². The van der Waals surface area contributed by atoms with Crippen molar-refractivity contribution < 1.29 is 13.5 Å². The van der Waals surface area contributed by atoms with Crippen LogP contribution in [0.5, 0.6) is 5.75 Å². The quantitative estimate of drug-likeness (QED) is 0.839. The Labute approximate surface area is 123 Å². The van der Waals surface area contributed by atoms with Crippen LogP contribution in [0, 0.1) is 17.6 Å². The van der Waals surface area contributed by atoms with Crippen LogP contribution in [0.25, 0.3) is 0 Å². The number of nitrogens with one attached hydrogen (secondary N) is 1. The zero-order valence-corrected chi connectivity index (χ0v) is 12.2. The molecule has 0 saturated heterocycles. The fourth-order valence-corrected chi connectivity index (χ4v) is 1.87. The molecule has 4 heteroatoms. The van der Waals surface area contributed by atoms with Gasteiger partial charge in [-0.15, -0.1) is 0 Å². The predicted molar refractivity (Wildman–Crippen MR) is 80.5 cm³/mol. The van der Waals surface area contributed by atoms with Crippen molar-refractivity contribution in [3.63, 3.8) is 0 Å². The Kier molecular flexibility index (Phi) is 5.14. The van der Waals surface area contributed by atoms with Gasteiger partial charge in [-0.25, -0.2) is 8.78 Å². The van der Waals surface area contributed by atoms with Crippen molar-refractivity contribution in [1.29, 1.82) is 0 Å². The summed E-state index contributed by atoms with van der Waals surface area (Å²) >= 11 is 0. The van der Waals surface area contributed by atoms with Crippen LogP contribution in [0.2, 0.25) is 0 Å². The summed E-state index contributed by atoms with van der Waals surface area (Å²) < 4.78 is 32.5. The fraction of sp³-hybridized carbons (Fsp3) is 0.294. The highest BCUT2D eigenvalue weighted by atomic mass is 19.2. The van der Waals surface area contributed by atoms with E-state index in [4.69, 9.17) is 4.74 Å². The molecule has 0 aliphatic carbocycles. The first kappa shape index (κ1) is 15.3. The molecule has 0 aromatic heterocycles. The van der Waals surface area contributed by atoms with Gasteiger partial charge in [-0.2, -0.15) is 0 Å². The SMILES string of the molecule is CC(C)COc1ccccc1NCc1cccc(F)c1F. The molecule has 0 aliphatic heterocycles. The van der Waals surface area contributed by atoms with E-state index in [-0.39, 0.29) is 12.1 Å². The maximum atomic E-state index is 13.6. The number of hydrogen-bond acceptors (Lipinski definition) is 2. The molecule has 21 heavy (non-hydrogen) atoms. The van der Waals surface area contributed by atoms with E-state index in [0.29, 0.717) is 18.3 Å². The van der Waals surface area contributed by atoms with Gasteiger partial charge >= 0.3 is 0 Å². The standard InChI is InChI=1S/C17H19F2NO/c1-12(2)11-21-16-9-4-3-8-15(16)20-10-13-6-5-7-14(18)17(13)19/h3-9,12,20H,10-11H2,1-2H3. The molecule has 0 spiro atoms. The van der Waals surface area contributed by atoms with E-state index in [1.54, 1.807) is 6.07 Å². The molecule has 1 N–H and O–H groups in total. The van der Waals surface area contributed by atoms with Crippen molar-refractivity contribution in [2.24, 2.45) is 5.92 Å². The minimum absolute atomic E-state index is 0.200. The van der Waals surface area contributed by atoms with Crippen LogP contribution in [0.4, 0.5) is 14.5 Å². The molecule has 0 saturated carbocycles. The molecule has 2 rings (SSSR count). The van der Waals surface area contributed by atoms with Crippen molar-refractivity contribution in [2.75, 3.05) is 11.9 Å². The number of ether oxygens (including phenoxy) is 1. The van der Waals surface area contributed by atoms with E-state index in [1.807, 2.05) is 24.3 Å². The van der Waals surface area contributed by atoms with Gasteiger partial charge < -0.3 is 10.1 Å². The number of hydrogen-bond donors (Lipinski definition) is 1. The second-order valence-electron chi connectivity index (χ2n) is 5.27. The molecule has 0 unspecified atom stereocenters. The normalized spacial score (nSPS) is 10.7. The summed E-state index contributed by atoms with van der Waals surface area (Å²) in [5.41, 5.74) is 1.05. The number of benzene rings is 2. The topological polar surface area (TPSA) is 21.3 Å². The first-order valence-electron chi connectivity index (χ1n) is 6.96. The summed E-state index contributed by atoms with van der Waals surface area (Å²) in [5, 5.41) is 3.09. The minimum atomic E-state index is -0.835. The van der Waals surface area contributed by atoms with E-state index in [2.05, 4.69) is 19.2 Å². The van der Waals surface area contributed by atoms with Gasteiger partial charge in [0.25, 0.3) is 0 Å². The Hall–Kier alpha value is -2.10. The highest BCUT2D eigenvalue weighted by molar-refractivity contribution is 5.56. The molecule has 0 bridgehead atoms. The molecule has 0 fully saturated rings. The van der Waals surface area contributed by atoms with Gasteiger partial charge in [0.05, 0.1) is 12.3 Å². The summed E-state index contributed by atoms with van der Waals surface area (Å²) in [6.07, 6.45) is 0. The Bertz CT molecular complexity index is 599. The van der Waals surface area contributed by atoms with Gasteiger partial charge in [-0.3, -0.25) is 0 Å². The first-order chi connectivity index (χ1) is 10.1. The van der Waals surface area contributed by atoms with E-state index in [9.17, 15) is 8.78 Å². The van der Waals surface area contributed by atoms with Crippen molar-refractivity contribution >= 4 is 5.69 Å². The smallest absolute Gasteiger partial charge is 0.163 e.